The van der Waals surface area contributed by atoms with Crippen LogP contribution in [0.3, 0.4) is 0 Å². The first kappa shape index (κ1) is 13.6. The van der Waals surface area contributed by atoms with Gasteiger partial charge in [-0.3, -0.25) is 9.78 Å². The highest BCUT2D eigenvalue weighted by Crippen LogP contribution is 2.29. The number of piperidine rings is 1. The molecule has 2 aromatic rings. The van der Waals surface area contributed by atoms with Crippen molar-refractivity contribution < 1.29 is 0 Å². The van der Waals surface area contributed by atoms with Crippen LogP contribution in [0.25, 0.3) is 11.0 Å². The minimum absolute atomic E-state index is 0.00539. The van der Waals surface area contributed by atoms with Crippen molar-refractivity contribution in [2.24, 2.45) is 0 Å². The first-order valence-electron chi connectivity index (χ1n) is 7.15. The summed E-state index contributed by atoms with van der Waals surface area (Å²) in [4.78, 5) is 20.4. The molecule has 106 valence electrons. The van der Waals surface area contributed by atoms with Crippen LogP contribution in [0.4, 0.5) is 0 Å². The Morgan fingerprint density at radius 2 is 2.15 bits per heavy atom. The van der Waals surface area contributed by atoms with E-state index in [-0.39, 0.29) is 5.56 Å². The molecule has 0 bridgehead atoms. The van der Waals surface area contributed by atoms with E-state index in [4.69, 9.17) is 0 Å². The van der Waals surface area contributed by atoms with Gasteiger partial charge in [-0.25, -0.2) is 0 Å². The fourth-order valence-electron chi connectivity index (χ4n) is 2.54. The topological polar surface area (TPSA) is 57.8 Å². The molecule has 2 N–H and O–H groups in total. The number of aromatic nitrogens is 2. The second kappa shape index (κ2) is 5.97. The quantitative estimate of drug-likeness (QED) is 0.910. The summed E-state index contributed by atoms with van der Waals surface area (Å²) in [5.41, 5.74) is 2.51. The SMILES string of the molecule is CCc1cc2ncc(SC3CCNCC3)cc2[nH]c1=O. The van der Waals surface area contributed by atoms with Crippen LogP contribution in [0.1, 0.15) is 25.3 Å². The predicted octanol–water partition coefficient (Wildman–Crippen LogP) is 2.33. The maximum atomic E-state index is 11.9. The Labute approximate surface area is 122 Å². The van der Waals surface area contributed by atoms with E-state index in [1.54, 1.807) is 0 Å². The highest BCUT2D eigenvalue weighted by atomic mass is 32.2. The number of fused-ring (bicyclic) bond motifs is 1. The second-order valence-corrected chi connectivity index (χ2v) is 6.52. The van der Waals surface area contributed by atoms with E-state index in [0.717, 1.165) is 41.0 Å². The standard InChI is InChI=1S/C15H19N3OS/c1-2-10-7-13-14(18-15(10)19)8-12(9-17-13)20-11-3-5-16-6-4-11/h7-9,11,16H,2-6H2,1H3,(H,18,19). The molecule has 2 aromatic heterocycles. The molecule has 20 heavy (non-hydrogen) atoms. The molecule has 0 spiro atoms. The van der Waals surface area contributed by atoms with Gasteiger partial charge >= 0.3 is 0 Å². The molecule has 0 saturated carbocycles. The van der Waals surface area contributed by atoms with Crippen molar-refractivity contribution >= 4 is 22.8 Å². The fourth-order valence-corrected chi connectivity index (χ4v) is 3.69. The fraction of sp³-hybridized carbons (Fsp3) is 0.467. The summed E-state index contributed by atoms with van der Waals surface area (Å²) < 4.78 is 0. The lowest BCUT2D eigenvalue weighted by molar-refractivity contribution is 0.531. The van der Waals surface area contributed by atoms with Crippen molar-refractivity contribution in [1.29, 1.82) is 0 Å². The lowest BCUT2D eigenvalue weighted by atomic mass is 10.2. The third kappa shape index (κ3) is 2.88. The largest absolute Gasteiger partial charge is 0.320 e. The Kier molecular flexibility index (Phi) is 4.08. The van der Waals surface area contributed by atoms with Crippen molar-refractivity contribution in [1.82, 2.24) is 15.3 Å². The first-order valence-corrected chi connectivity index (χ1v) is 8.03. The van der Waals surface area contributed by atoms with Gasteiger partial charge in [0.05, 0.1) is 11.0 Å². The minimum Gasteiger partial charge on any atom is -0.320 e. The molecule has 1 fully saturated rings. The van der Waals surface area contributed by atoms with Crippen LogP contribution >= 0.6 is 11.8 Å². The van der Waals surface area contributed by atoms with Gasteiger partial charge in [0, 0.05) is 21.9 Å². The molecule has 0 aliphatic carbocycles. The molecular formula is C15H19N3OS. The van der Waals surface area contributed by atoms with Crippen LogP contribution in [-0.2, 0) is 6.42 Å². The molecule has 1 aliphatic heterocycles. The molecule has 0 unspecified atom stereocenters. The Hall–Kier alpha value is -1.33. The maximum absolute atomic E-state index is 11.9. The lowest BCUT2D eigenvalue weighted by Gasteiger charge is -2.21. The van der Waals surface area contributed by atoms with Gasteiger partial charge in [-0.2, -0.15) is 0 Å². The van der Waals surface area contributed by atoms with E-state index >= 15 is 0 Å². The summed E-state index contributed by atoms with van der Waals surface area (Å²) >= 11 is 1.87. The number of nitrogens with one attached hydrogen (secondary N) is 2. The van der Waals surface area contributed by atoms with E-state index in [0.29, 0.717) is 5.25 Å². The summed E-state index contributed by atoms with van der Waals surface area (Å²) in [6.07, 6.45) is 5.04. The number of pyridine rings is 2. The van der Waals surface area contributed by atoms with Crippen LogP contribution in [-0.4, -0.2) is 28.3 Å². The average molecular weight is 289 g/mol. The Balaban J connectivity index is 1.88. The Morgan fingerprint density at radius 3 is 2.90 bits per heavy atom. The molecule has 1 saturated heterocycles. The van der Waals surface area contributed by atoms with Gasteiger partial charge in [0.2, 0.25) is 0 Å². The molecule has 0 radical (unpaired) electrons. The third-order valence-corrected chi connectivity index (χ3v) is 5.01. The van der Waals surface area contributed by atoms with Gasteiger partial charge in [-0.05, 0) is 44.5 Å². The van der Waals surface area contributed by atoms with Crippen LogP contribution in [0.2, 0.25) is 0 Å². The first-order chi connectivity index (χ1) is 9.76. The summed E-state index contributed by atoms with van der Waals surface area (Å²) in [6.45, 7) is 4.17. The van der Waals surface area contributed by atoms with Crippen molar-refractivity contribution in [3.8, 4) is 0 Å². The van der Waals surface area contributed by atoms with E-state index in [2.05, 4.69) is 21.4 Å². The molecule has 0 atom stereocenters. The van der Waals surface area contributed by atoms with Crippen molar-refractivity contribution in [2.45, 2.75) is 36.3 Å². The van der Waals surface area contributed by atoms with Gasteiger partial charge < -0.3 is 10.3 Å². The molecule has 3 heterocycles. The second-order valence-electron chi connectivity index (χ2n) is 5.15. The minimum atomic E-state index is 0.00539. The zero-order valence-corrected chi connectivity index (χ0v) is 12.4. The van der Waals surface area contributed by atoms with Gasteiger partial charge in [0.25, 0.3) is 5.56 Å². The number of aromatic amines is 1. The van der Waals surface area contributed by atoms with E-state index in [9.17, 15) is 4.79 Å². The normalized spacial score (nSPS) is 16.6. The number of aryl methyl sites for hydroxylation is 1. The number of H-pyrrole nitrogens is 1. The van der Waals surface area contributed by atoms with Crippen LogP contribution < -0.4 is 10.9 Å². The van der Waals surface area contributed by atoms with Gasteiger partial charge in [0.1, 0.15) is 0 Å². The number of hydrogen-bond acceptors (Lipinski definition) is 4. The summed E-state index contributed by atoms with van der Waals surface area (Å²) in [5, 5.41) is 4.02. The summed E-state index contributed by atoms with van der Waals surface area (Å²) in [5.74, 6) is 0. The average Bonchev–Trinajstić information content (AvgIpc) is 2.47. The molecule has 0 aromatic carbocycles. The highest BCUT2D eigenvalue weighted by molar-refractivity contribution is 8.00. The molecule has 4 nitrogen and oxygen atoms in total. The Bertz CT molecular complexity index is 662. The van der Waals surface area contributed by atoms with Gasteiger partial charge in [0.15, 0.2) is 0 Å². The van der Waals surface area contributed by atoms with E-state index < -0.39 is 0 Å². The molecule has 3 rings (SSSR count). The van der Waals surface area contributed by atoms with Crippen LogP contribution in [0, 0.1) is 0 Å². The third-order valence-electron chi connectivity index (χ3n) is 3.71. The summed E-state index contributed by atoms with van der Waals surface area (Å²) in [7, 11) is 0. The predicted molar refractivity (Wildman–Crippen MR) is 83.5 cm³/mol. The maximum Gasteiger partial charge on any atom is 0.251 e. The zero-order chi connectivity index (χ0) is 13.9. The number of thioether (sulfide) groups is 1. The Morgan fingerprint density at radius 1 is 1.35 bits per heavy atom. The summed E-state index contributed by atoms with van der Waals surface area (Å²) in [6, 6.07) is 3.95. The monoisotopic (exact) mass is 289 g/mol. The molecule has 1 aliphatic rings. The molecular weight excluding hydrogens is 270 g/mol. The smallest absolute Gasteiger partial charge is 0.251 e. The molecule has 5 heteroatoms. The molecule has 0 amide bonds. The van der Waals surface area contributed by atoms with Gasteiger partial charge in [-0.1, -0.05) is 6.92 Å². The van der Waals surface area contributed by atoms with Crippen LogP contribution in [0.15, 0.2) is 28.0 Å². The van der Waals surface area contributed by atoms with Crippen molar-refractivity contribution in [3.05, 3.63) is 34.2 Å². The number of hydrogen-bond donors (Lipinski definition) is 2. The van der Waals surface area contributed by atoms with E-state index in [1.165, 1.54) is 12.8 Å². The van der Waals surface area contributed by atoms with Crippen LogP contribution in [0.5, 0.6) is 0 Å². The highest BCUT2D eigenvalue weighted by Gasteiger charge is 2.14. The zero-order valence-electron chi connectivity index (χ0n) is 11.6. The van der Waals surface area contributed by atoms with Crippen molar-refractivity contribution in [2.75, 3.05) is 13.1 Å². The van der Waals surface area contributed by atoms with Gasteiger partial charge in [-0.15, -0.1) is 11.8 Å². The lowest BCUT2D eigenvalue weighted by Crippen LogP contribution is -2.29. The van der Waals surface area contributed by atoms with Crippen molar-refractivity contribution in [3.63, 3.8) is 0 Å². The number of rotatable bonds is 3. The number of nitrogens with zero attached hydrogens (tertiary/aromatic N) is 1. The van der Waals surface area contributed by atoms with E-state index in [1.807, 2.05) is 30.9 Å².